The van der Waals surface area contributed by atoms with Gasteiger partial charge < -0.3 is 4.74 Å². The summed E-state index contributed by atoms with van der Waals surface area (Å²) < 4.78 is 5.38. The van der Waals surface area contributed by atoms with Crippen LogP contribution in [0.4, 0.5) is 0 Å². The van der Waals surface area contributed by atoms with Gasteiger partial charge in [-0.15, -0.1) is 0 Å². The molecule has 2 aromatic carbocycles. The van der Waals surface area contributed by atoms with Crippen LogP contribution in [0.1, 0.15) is 30.4 Å². The summed E-state index contributed by atoms with van der Waals surface area (Å²) in [7, 11) is 0. The molecule has 4 nitrogen and oxygen atoms in total. The van der Waals surface area contributed by atoms with Crippen molar-refractivity contribution in [1.29, 1.82) is 0 Å². The van der Waals surface area contributed by atoms with Crippen LogP contribution in [0.25, 0.3) is 0 Å². The first-order valence-electron chi connectivity index (χ1n) is 7.88. The number of ether oxygens (including phenoxy) is 1. The van der Waals surface area contributed by atoms with Crippen molar-refractivity contribution in [2.24, 2.45) is 11.0 Å². The molecule has 0 bridgehead atoms. The molecule has 3 rings (SSSR count). The Morgan fingerprint density at radius 1 is 1.22 bits per heavy atom. The second-order valence-electron chi connectivity index (χ2n) is 5.60. The molecular weight excluding hydrogens is 288 g/mol. The smallest absolute Gasteiger partial charge is 0.243 e. The van der Waals surface area contributed by atoms with Crippen molar-refractivity contribution in [1.82, 2.24) is 5.43 Å². The second-order valence-corrected chi connectivity index (χ2v) is 5.60. The van der Waals surface area contributed by atoms with Crippen molar-refractivity contribution < 1.29 is 9.53 Å². The lowest BCUT2D eigenvalue weighted by Gasteiger charge is -2.02. The van der Waals surface area contributed by atoms with E-state index in [1.54, 1.807) is 6.21 Å². The van der Waals surface area contributed by atoms with E-state index in [9.17, 15) is 4.79 Å². The van der Waals surface area contributed by atoms with E-state index in [2.05, 4.69) is 22.7 Å². The Balaban J connectivity index is 1.49. The Morgan fingerprint density at radius 3 is 2.65 bits per heavy atom. The fourth-order valence-corrected chi connectivity index (χ4v) is 2.62. The monoisotopic (exact) mass is 308 g/mol. The van der Waals surface area contributed by atoms with E-state index in [1.807, 2.05) is 49.4 Å². The van der Waals surface area contributed by atoms with Gasteiger partial charge in [0.2, 0.25) is 5.91 Å². The summed E-state index contributed by atoms with van der Waals surface area (Å²) in [6, 6.07) is 17.7. The predicted octanol–water partition coefficient (Wildman–Crippen LogP) is 3.34. The standard InChI is InChI=1S/C19H20N2O2/c1-2-23-16-10-8-14(9-11-16)13-20-21-19(22)18-12-17(18)15-6-4-3-5-7-15/h3-11,13,17-18H,2,12H2,1H3,(H,21,22). The second kappa shape index (κ2) is 7.09. The largest absolute Gasteiger partial charge is 0.494 e. The zero-order valence-electron chi connectivity index (χ0n) is 13.1. The van der Waals surface area contributed by atoms with Crippen LogP contribution < -0.4 is 10.2 Å². The number of carbonyl (C=O) groups is 1. The molecule has 0 saturated heterocycles. The molecule has 1 amide bonds. The topological polar surface area (TPSA) is 50.7 Å². The van der Waals surface area contributed by atoms with E-state index in [1.165, 1.54) is 5.56 Å². The van der Waals surface area contributed by atoms with Gasteiger partial charge in [-0.05, 0) is 54.7 Å². The summed E-state index contributed by atoms with van der Waals surface area (Å²) in [5.41, 5.74) is 4.78. The van der Waals surface area contributed by atoms with Gasteiger partial charge in [0.25, 0.3) is 0 Å². The molecule has 2 aromatic rings. The molecule has 118 valence electrons. The fraction of sp³-hybridized carbons (Fsp3) is 0.263. The molecule has 1 aliphatic rings. The molecule has 2 unspecified atom stereocenters. The average molecular weight is 308 g/mol. The Labute approximate surface area is 136 Å². The first-order valence-corrected chi connectivity index (χ1v) is 7.88. The molecule has 2 atom stereocenters. The summed E-state index contributed by atoms with van der Waals surface area (Å²) >= 11 is 0. The number of carbonyl (C=O) groups excluding carboxylic acids is 1. The highest BCUT2D eigenvalue weighted by Crippen LogP contribution is 2.47. The molecule has 0 heterocycles. The van der Waals surface area contributed by atoms with Crippen molar-refractivity contribution in [2.45, 2.75) is 19.3 Å². The van der Waals surface area contributed by atoms with Gasteiger partial charge in [0.15, 0.2) is 0 Å². The number of nitrogens with one attached hydrogen (secondary N) is 1. The molecule has 0 spiro atoms. The highest BCUT2D eigenvalue weighted by Gasteiger charge is 2.43. The fourth-order valence-electron chi connectivity index (χ4n) is 2.62. The normalized spacial score (nSPS) is 19.5. The lowest BCUT2D eigenvalue weighted by molar-refractivity contribution is -0.122. The first kappa shape index (κ1) is 15.3. The molecule has 1 N–H and O–H groups in total. The number of nitrogens with zero attached hydrogens (tertiary/aromatic N) is 1. The molecule has 0 radical (unpaired) electrons. The SMILES string of the molecule is CCOc1ccc(C=NNC(=O)C2CC2c2ccccc2)cc1. The van der Waals surface area contributed by atoms with Gasteiger partial charge in [-0.25, -0.2) is 5.43 Å². The predicted molar refractivity (Wildman–Crippen MR) is 90.6 cm³/mol. The number of hydrogen-bond donors (Lipinski definition) is 1. The summed E-state index contributed by atoms with van der Waals surface area (Å²) in [6.07, 6.45) is 2.54. The van der Waals surface area contributed by atoms with Crippen LogP contribution in [0.15, 0.2) is 59.7 Å². The maximum absolute atomic E-state index is 12.1. The van der Waals surface area contributed by atoms with Gasteiger partial charge in [-0.2, -0.15) is 5.10 Å². The van der Waals surface area contributed by atoms with E-state index < -0.39 is 0 Å². The maximum atomic E-state index is 12.1. The van der Waals surface area contributed by atoms with Crippen LogP contribution in [-0.2, 0) is 4.79 Å². The molecule has 0 aliphatic heterocycles. The molecular formula is C19H20N2O2. The minimum Gasteiger partial charge on any atom is -0.494 e. The molecule has 0 aromatic heterocycles. The van der Waals surface area contributed by atoms with Crippen molar-refractivity contribution in [3.05, 3.63) is 65.7 Å². The minimum atomic E-state index is -0.0129. The minimum absolute atomic E-state index is 0.0129. The van der Waals surface area contributed by atoms with Crippen LogP contribution in [0.3, 0.4) is 0 Å². The van der Waals surface area contributed by atoms with Crippen molar-refractivity contribution in [2.75, 3.05) is 6.61 Å². The Hall–Kier alpha value is -2.62. The lowest BCUT2D eigenvalue weighted by Crippen LogP contribution is -2.20. The van der Waals surface area contributed by atoms with Crippen molar-refractivity contribution in [3.63, 3.8) is 0 Å². The Kier molecular flexibility index (Phi) is 4.71. The average Bonchev–Trinajstić information content (AvgIpc) is 3.38. The van der Waals surface area contributed by atoms with Crippen LogP contribution in [0.5, 0.6) is 5.75 Å². The van der Waals surface area contributed by atoms with E-state index in [-0.39, 0.29) is 11.8 Å². The van der Waals surface area contributed by atoms with Gasteiger partial charge in [-0.1, -0.05) is 30.3 Å². The van der Waals surface area contributed by atoms with E-state index in [0.29, 0.717) is 12.5 Å². The van der Waals surface area contributed by atoms with Gasteiger partial charge >= 0.3 is 0 Å². The summed E-state index contributed by atoms with van der Waals surface area (Å²) in [5, 5.41) is 4.04. The quantitative estimate of drug-likeness (QED) is 0.657. The van der Waals surface area contributed by atoms with E-state index >= 15 is 0 Å². The van der Waals surface area contributed by atoms with Gasteiger partial charge in [0, 0.05) is 5.92 Å². The number of rotatable bonds is 6. The molecule has 1 fully saturated rings. The third-order valence-electron chi connectivity index (χ3n) is 3.93. The van der Waals surface area contributed by atoms with Gasteiger partial charge in [-0.3, -0.25) is 4.79 Å². The van der Waals surface area contributed by atoms with Crippen LogP contribution >= 0.6 is 0 Å². The van der Waals surface area contributed by atoms with Gasteiger partial charge in [0.05, 0.1) is 12.8 Å². The zero-order valence-corrected chi connectivity index (χ0v) is 13.1. The highest BCUT2D eigenvalue weighted by atomic mass is 16.5. The molecule has 23 heavy (non-hydrogen) atoms. The number of benzene rings is 2. The van der Waals surface area contributed by atoms with Crippen LogP contribution in [0.2, 0.25) is 0 Å². The van der Waals surface area contributed by atoms with Gasteiger partial charge in [0.1, 0.15) is 5.75 Å². The summed E-state index contributed by atoms with van der Waals surface area (Å²) in [6.45, 7) is 2.60. The highest BCUT2D eigenvalue weighted by molar-refractivity contribution is 5.85. The Morgan fingerprint density at radius 2 is 1.96 bits per heavy atom. The summed E-state index contributed by atoms with van der Waals surface area (Å²) in [4.78, 5) is 12.1. The summed E-state index contributed by atoms with van der Waals surface area (Å²) in [5.74, 6) is 1.19. The van der Waals surface area contributed by atoms with E-state index in [4.69, 9.17) is 4.74 Å². The number of hydrazone groups is 1. The first-order chi connectivity index (χ1) is 11.3. The van der Waals surface area contributed by atoms with E-state index in [0.717, 1.165) is 17.7 Å². The zero-order chi connectivity index (χ0) is 16.1. The Bertz CT molecular complexity index is 680. The van der Waals surface area contributed by atoms with Crippen LogP contribution in [0, 0.1) is 5.92 Å². The molecule has 1 aliphatic carbocycles. The van der Waals surface area contributed by atoms with Crippen molar-refractivity contribution >= 4 is 12.1 Å². The lowest BCUT2D eigenvalue weighted by atomic mass is 10.1. The third kappa shape index (κ3) is 3.97. The molecule has 4 heteroatoms. The van der Waals surface area contributed by atoms with Crippen molar-refractivity contribution in [3.8, 4) is 5.75 Å². The molecule has 1 saturated carbocycles. The number of amides is 1. The third-order valence-corrected chi connectivity index (χ3v) is 3.93. The van der Waals surface area contributed by atoms with Crippen LogP contribution in [-0.4, -0.2) is 18.7 Å². The number of hydrogen-bond acceptors (Lipinski definition) is 3. The maximum Gasteiger partial charge on any atom is 0.243 e.